The Labute approximate surface area is 54.9 Å². The predicted octanol–water partition coefficient (Wildman–Crippen LogP) is -1.09. The molecule has 0 saturated carbocycles. The van der Waals surface area contributed by atoms with E-state index in [2.05, 4.69) is 0 Å². The fourth-order valence-electron chi connectivity index (χ4n) is 1.06. The lowest BCUT2D eigenvalue weighted by Gasteiger charge is -2.11. The van der Waals surface area contributed by atoms with Gasteiger partial charge in [-0.2, -0.15) is 0 Å². The first kappa shape index (κ1) is 6.61. The minimum absolute atomic E-state index is 0.0890. The summed E-state index contributed by atoms with van der Waals surface area (Å²) in [7, 11) is 0.0890. The van der Waals surface area contributed by atoms with Crippen LogP contribution in [0.15, 0.2) is 0 Å². The molecule has 1 aliphatic rings. The van der Waals surface area contributed by atoms with Crippen molar-refractivity contribution in [1.29, 1.82) is 0 Å². The second kappa shape index (κ2) is 2.87. The molecule has 0 atom stereocenters. The largest absolute Gasteiger partial charge is 0.452 e. The molecule has 0 aromatic heterocycles. The lowest BCUT2D eigenvalue weighted by Crippen LogP contribution is -2.28. The van der Waals surface area contributed by atoms with Crippen molar-refractivity contribution in [1.82, 2.24) is 4.90 Å². The summed E-state index contributed by atoms with van der Waals surface area (Å²) in [5.41, 5.74) is 0. The van der Waals surface area contributed by atoms with Gasteiger partial charge in [0.05, 0.1) is 0 Å². The molecule has 0 unspecified atom stereocenters. The van der Waals surface area contributed by atoms with Gasteiger partial charge in [0.2, 0.25) is 5.91 Å². The summed E-state index contributed by atoms with van der Waals surface area (Å²) in [6.45, 7) is 0.833. The summed E-state index contributed by atoms with van der Waals surface area (Å²) < 4.78 is 0. The van der Waals surface area contributed by atoms with Gasteiger partial charge in [-0.05, 0) is 6.42 Å². The third-order valence-electron chi connectivity index (χ3n) is 1.54. The third-order valence-corrected chi connectivity index (χ3v) is 1.54. The molecule has 1 amide bonds. The molecular formula is C5H10BNO2. The van der Waals surface area contributed by atoms with Gasteiger partial charge in [-0.1, -0.05) is 0 Å². The van der Waals surface area contributed by atoms with Crippen molar-refractivity contribution in [3.8, 4) is 0 Å². The zero-order valence-electron chi connectivity index (χ0n) is 5.34. The van der Waals surface area contributed by atoms with E-state index in [1.807, 2.05) is 0 Å². The van der Waals surface area contributed by atoms with Crippen molar-refractivity contribution in [3.05, 3.63) is 0 Å². The number of carbonyl (C=O) groups excluding carboxylic acids is 1. The quantitative estimate of drug-likeness (QED) is 0.479. The first-order valence-corrected chi connectivity index (χ1v) is 3.23. The highest BCUT2D eigenvalue weighted by atomic mass is 16.2. The maximum atomic E-state index is 10.8. The Morgan fingerprint density at radius 3 is 3.00 bits per heavy atom. The fraction of sp³-hybridized carbons (Fsp3) is 0.800. The summed E-state index contributed by atoms with van der Waals surface area (Å²) in [4.78, 5) is 12.5. The van der Waals surface area contributed by atoms with E-state index in [4.69, 9.17) is 5.02 Å². The van der Waals surface area contributed by atoms with Crippen molar-refractivity contribution in [2.75, 3.05) is 13.0 Å². The van der Waals surface area contributed by atoms with Crippen LogP contribution < -0.4 is 0 Å². The van der Waals surface area contributed by atoms with Crippen molar-refractivity contribution in [2.45, 2.75) is 12.8 Å². The van der Waals surface area contributed by atoms with Crippen LogP contribution in [0.25, 0.3) is 0 Å². The van der Waals surface area contributed by atoms with Crippen molar-refractivity contribution in [2.24, 2.45) is 0 Å². The molecule has 1 rings (SSSR count). The van der Waals surface area contributed by atoms with E-state index in [0.717, 1.165) is 13.0 Å². The molecule has 1 fully saturated rings. The van der Waals surface area contributed by atoms with Gasteiger partial charge in [0.25, 0.3) is 7.48 Å². The van der Waals surface area contributed by atoms with Crippen LogP contribution in [0, 0.1) is 0 Å². The predicted molar refractivity (Wildman–Crippen MR) is 35.2 cm³/mol. The Morgan fingerprint density at radius 2 is 2.56 bits per heavy atom. The number of hydrogen-bond acceptors (Lipinski definition) is 2. The molecule has 0 aromatic carbocycles. The number of amides is 1. The summed E-state index contributed by atoms with van der Waals surface area (Å²) in [6, 6.07) is 0. The summed E-state index contributed by atoms with van der Waals surface area (Å²) in [5.74, 6) is 0.184. The van der Waals surface area contributed by atoms with Gasteiger partial charge in [-0.15, -0.1) is 0 Å². The van der Waals surface area contributed by atoms with E-state index in [-0.39, 0.29) is 13.4 Å². The number of hydrogen-bond donors (Lipinski definition) is 1. The third kappa shape index (κ3) is 1.45. The number of likely N-dealkylation sites (tertiary alicyclic amines) is 1. The van der Waals surface area contributed by atoms with Crippen molar-refractivity contribution in [3.63, 3.8) is 0 Å². The van der Waals surface area contributed by atoms with Gasteiger partial charge in [-0.25, -0.2) is 0 Å². The van der Waals surface area contributed by atoms with Gasteiger partial charge >= 0.3 is 0 Å². The SMILES string of the molecule is O=C1CCCN1CBO. The van der Waals surface area contributed by atoms with Crippen LogP contribution in [-0.4, -0.2) is 36.3 Å². The van der Waals surface area contributed by atoms with Crippen LogP contribution in [0.1, 0.15) is 12.8 Å². The molecule has 1 heterocycles. The maximum absolute atomic E-state index is 10.8. The Balaban J connectivity index is 2.31. The lowest BCUT2D eigenvalue weighted by atomic mass is 10.0. The Kier molecular flexibility index (Phi) is 2.11. The van der Waals surface area contributed by atoms with E-state index >= 15 is 0 Å². The molecule has 0 spiro atoms. The average Bonchev–Trinajstić information content (AvgIpc) is 2.18. The van der Waals surface area contributed by atoms with Crippen LogP contribution in [-0.2, 0) is 4.79 Å². The topological polar surface area (TPSA) is 40.5 Å². The Hall–Kier alpha value is -0.505. The van der Waals surface area contributed by atoms with Gasteiger partial charge in [-0.3, -0.25) is 4.79 Å². The van der Waals surface area contributed by atoms with E-state index in [9.17, 15) is 4.79 Å². The molecule has 0 bridgehead atoms. The monoisotopic (exact) mass is 127 g/mol. The molecule has 9 heavy (non-hydrogen) atoms. The molecule has 1 saturated heterocycles. The molecule has 1 N–H and O–H groups in total. The average molecular weight is 127 g/mol. The van der Waals surface area contributed by atoms with Gasteiger partial charge in [0, 0.05) is 19.4 Å². The van der Waals surface area contributed by atoms with E-state index in [1.165, 1.54) is 0 Å². The highest BCUT2D eigenvalue weighted by molar-refractivity contribution is 6.26. The van der Waals surface area contributed by atoms with Gasteiger partial charge < -0.3 is 9.92 Å². The van der Waals surface area contributed by atoms with Crippen molar-refractivity contribution < 1.29 is 9.82 Å². The fourth-order valence-corrected chi connectivity index (χ4v) is 1.06. The summed E-state index contributed by atoms with van der Waals surface area (Å²) >= 11 is 0. The molecule has 1 aliphatic heterocycles. The molecule has 0 aliphatic carbocycles. The number of carbonyl (C=O) groups is 1. The van der Waals surface area contributed by atoms with Gasteiger partial charge in [0.15, 0.2) is 0 Å². The normalized spacial score (nSPS) is 18.8. The first-order chi connectivity index (χ1) is 4.34. The highest BCUT2D eigenvalue weighted by Crippen LogP contribution is 2.07. The van der Waals surface area contributed by atoms with Crippen LogP contribution in [0.5, 0.6) is 0 Å². The molecular weight excluding hydrogens is 117 g/mol. The number of nitrogens with zero attached hydrogens (tertiary/aromatic N) is 1. The van der Waals surface area contributed by atoms with Crippen LogP contribution in [0.4, 0.5) is 0 Å². The van der Waals surface area contributed by atoms with Crippen LogP contribution in [0.2, 0.25) is 0 Å². The molecule has 0 aromatic rings. The van der Waals surface area contributed by atoms with Crippen LogP contribution in [0.3, 0.4) is 0 Å². The summed E-state index contributed by atoms with van der Waals surface area (Å²) in [5, 5.41) is 8.45. The van der Waals surface area contributed by atoms with Crippen molar-refractivity contribution >= 4 is 13.4 Å². The molecule has 4 heteroatoms. The second-order valence-electron chi connectivity index (χ2n) is 2.21. The van der Waals surface area contributed by atoms with Crippen LogP contribution >= 0.6 is 0 Å². The zero-order valence-corrected chi connectivity index (χ0v) is 5.34. The minimum atomic E-state index is 0.0890. The summed E-state index contributed by atoms with van der Waals surface area (Å²) in [6.07, 6.45) is 2.14. The molecule has 50 valence electrons. The smallest absolute Gasteiger partial charge is 0.290 e. The molecule has 3 nitrogen and oxygen atoms in total. The highest BCUT2D eigenvalue weighted by Gasteiger charge is 2.18. The first-order valence-electron chi connectivity index (χ1n) is 3.23. The second-order valence-corrected chi connectivity index (χ2v) is 2.21. The number of rotatable bonds is 2. The van der Waals surface area contributed by atoms with Gasteiger partial charge in [0.1, 0.15) is 0 Å². The zero-order chi connectivity index (χ0) is 6.69. The molecule has 0 radical (unpaired) electrons. The van der Waals surface area contributed by atoms with E-state index < -0.39 is 0 Å². The lowest BCUT2D eigenvalue weighted by molar-refractivity contribution is -0.127. The standard InChI is InChI=1S/C5H10BNO2/c8-5-2-1-3-7(5)4-6-9/h6,9H,1-4H2. The Bertz CT molecular complexity index is 118. The van der Waals surface area contributed by atoms with E-state index in [1.54, 1.807) is 4.90 Å². The van der Waals surface area contributed by atoms with E-state index in [0.29, 0.717) is 12.9 Å². The Morgan fingerprint density at radius 1 is 1.78 bits per heavy atom. The minimum Gasteiger partial charge on any atom is -0.452 e. The maximum Gasteiger partial charge on any atom is 0.290 e.